The predicted octanol–water partition coefficient (Wildman–Crippen LogP) is 3.13. The Bertz CT molecular complexity index is 848. The molecule has 0 spiro atoms. The number of ether oxygens (including phenoxy) is 1. The van der Waals surface area contributed by atoms with Crippen LogP contribution < -0.4 is 10.1 Å². The molecule has 1 aliphatic heterocycles. The van der Waals surface area contributed by atoms with Crippen LogP contribution in [0.5, 0.6) is 5.75 Å². The molecule has 1 saturated heterocycles. The van der Waals surface area contributed by atoms with E-state index in [1.54, 1.807) is 4.90 Å². The minimum absolute atomic E-state index is 0.0269. The van der Waals surface area contributed by atoms with Crippen LogP contribution >= 0.6 is 11.3 Å². The van der Waals surface area contributed by atoms with E-state index in [1.807, 2.05) is 47.8 Å². The lowest BCUT2D eigenvalue weighted by atomic mass is 9.96. The molecule has 0 bridgehead atoms. The number of nitrogens with one attached hydrogen (secondary N) is 1. The molecular formula is C23H28N2O5S. The number of piperidine rings is 1. The van der Waals surface area contributed by atoms with Gasteiger partial charge in [0, 0.05) is 36.9 Å². The third-order valence-electron chi connectivity index (χ3n) is 5.46. The molecule has 8 heteroatoms. The van der Waals surface area contributed by atoms with Crippen LogP contribution in [0.2, 0.25) is 0 Å². The summed E-state index contributed by atoms with van der Waals surface area (Å²) in [5.74, 6) is -0.380. The van der Waals surface area contributed by atoms with Gasteiger partial charge in [-0.15, -0.1) is 11.3 Å². The Balaban J connectivity index is 1.37. The summed E-state index contributed by atoms with van der Waals surface area (Å²) in [6.45, 7) is 1.87. The number of hydrogen-bond donors (Lipinski definition) is 2. The van der Waals surface area contributed by atoms with Gasteiger partial charge in [-0.1, -0.05) is 24.3 Å². The number of carboxylic acids is 1. The highest BCUT2D eigenvalue weighted by molar-refractivity contribution is 7.10. The monoisotopic (exact) mass is 444 g/mol. The second-order valence-corrected chi connectivity index (χ2v) is 8.72. The third kappa shape index (κ3) is 7.40. The number of benzene rings is 1. The van der Waals surface area contributed by atoms with Crippen molar-refractivity contribution < 1.29 is 24.2 Å². The van der Waals surface area contributed by atoms with Crippen molar-refractivity contribution in [2.24, 2.45) is 5.92 Å². The summed E-state index contributed by atoms with van der Waals surface area (Å²) in [5, 5.41) is 14.0. The number of para-hydroxylation sites is 1. The van der Waals surface area contributed by atoms with Crippen molar-refractivity contribution in [3.8, 4) is 5.75 Å². The molecule has 2 N–H and O–H groups in total. The van der Waals surface area contributed by atoms with Crippen molar-refractivity contribution in [1.82, 2.24) is 10.2 Å². The average molecular weight is 445 g/mol. The van der Waals surface area contributed by atoms with Gasteiger partial charge in [-0.05, 0) is 42.3 Å². The molecule has 31 heavy (non-hydrogen) atoms. The number of carbonyl (C=O) groups excluding carboxylic acids is 2. The second-order valence-electron chi connectivity index (χ2n) is 7.74. The summed E-state index contributed by atoms with van der Waals surface area (Å²) in [6, 6.07) is 13.0. The van der Waals surface area contributed by atoms with Gasteiger partial charge in [-0.2, -0.15) is 0 Å². The van der Waals surface area contributed by atoms with Crippen molar-refractivity contribution in [3.05, 3.63) is 52.7 Å². The number of thiophene rings is 1. The largest absolute Gasteiger partial charge is 0.484 e. The molecule has 1 aliphatic rings. The number of aliphatic carboxylic acids is 1. The number of rotatable bonds is 10. The van der Waals surface area contributed by atoms with E-state index in [4.69, 9.17) is 9.84 Å². The summed E-state index contributed by atoms with van der Waals surface area (Å²) in [4.78, 5) is 38.6. The molecule has 1 aromatic heterocycles. The molecule has 1 aromatic carbocycles. The van der Waals surface area contributed by atoms with Crippen molar-refractivity contribution in [3.63, 3.8) is 0 Å². The van der Waals surface area contributed by atoms with Crippen molar-refractivity contribution in [2.45, 2.75) is 31.6 Å². The average Bonchev–Trinajstić information content (AvgIpc) is 3.31. The van der Waals surface area contributed by atoms with Gasteiger partial charge >= 0.3 is 5.97 Å². The molecule has 2 heterocycles. The summed E-state index contributed by atoms with van der Waals surface area (Å²) in [7, 11) is 0. The first-order chi connectivity index (χ1) is 15.0. The fraction of sp³-hybridized carbons (Fsp3) is 0.435. The minimum Gasteiger partial charge on any atom is -0.484 e. The van der Waals surface area contributed by atoms with Crippen LogP contribution in [0, 0.1) is 5.92 Å². The fourth-order valence-electron chi connectivity index (χ4n) is 3.70. The zero-order valence-corrected chi connectivity index (χ0v) is 18.2. The Kier molecular flexibility index (Phi) is 8.46. The maximum absolute atomic E-state index is 12.4. The summed E-state index contributed by atoms with van der Waals surface area (Å²) >= 11 is 1.48. The first kappa shape index (κ1) is 22.8. The van der Waals surface area contributed by atoms with Crippen molar-refractivity contribution in [1.29, 1.82) is 0 Å². The molecule has 0 unspecified atom stereocenters. The van der Waals surface area contributed by atoms with E-state index in [0.717, 1.165) is 17.7 Å². The van der Waals surface area contributed by atoms with Gasteiger partial charge in [0.2, 0.25) is 5.91 Å². The zero-order chi connectivity index (χ0) is 22.1. The molecule has 0 aliphatic carbocycles. The first-order valence-electron chi connectivity index (χ1n) is 10.5. The minimum atomic E-state index is -0.903. The molecule has 3 rings (SSSR count). The van der Waals surface area contributed by atoms with Crippen LogP contribution in [-0.4, -0.2) is 54.0 Å². The Labute approximate surface area is 186 Å². The molecule has 166 valence electrons. The SMILES string of the molecule is O=C(O)C[C@@H](CC(=O)NCC1CCN(C(=O)COc2ccccc2)CC1)c1cccs1. The van der Waals surface area contributed by atoms with Crippen LogP contribution in [0.3, 0.4) is 0 Å². The molecule has 0 saturated carbocycles. The molecule has 0 radical (unpaired) electrons. The number of carbonyl (C=O) groups is 3. The van der Waals surface area contributed by atoms with Gasteiger partial charge in [0.25, 0.3) is 5.91 Å². The Hall–Kier alpha value is -2.87. The van der Waals surface area contributed by atoms with Gasteiger partial charge in [0.15, 0.2) is 6.61 Å². The molecule has 2 amide bonds. The highest BCUT2D eigenvalue weighted by atomic mass is 32.1. The van der Waals surface area contributed by atoms with Crippen LogP contribution in [-0.2, 0) is 14.4 Å². The molecule has 2 aromatic rings. The van der Waals surface area contributed by atoms with Crippen molar-refractivity contribution in [2.75, 3.05) is 26.2 Å². The molecule has 1 fully saturated rings. The summed E-state index contributed by atoms with van der Waals surface area (Å²) in [5.41, 5.74) is 0. The van der Waals surface area contributed by atoms with E-state index >= 15 is 0 Å². The molecule has 7 nitrogen and oxygen atoms in total. The van der Waals surface area contributed by atoms with E-state index in [0.29, 0.717) is 31.3 Å². The lowest BCUT2D eigenvalue weighted by Crippen LogP contribution is -2.43. The first-order valence-corrected chi connectivity index (χ1v) is 11.4. The highest BCUT2D eigenvalue weighted by Gasteiger charge is 2.24. The quantitative estimate of drug-likeness (QED) is 0.587. The summed E-state index contributed by atoms with van der Waals surface area (Å²) in [6.07, 6.45) is 1.75. The van der Waals surface area contributed by atoms with Crippen LogP contribution in [0.1, 0.15) is 36.5 Å². The van der Waals surface area contributed by atoms with E-state index in [1.165, 1.54) is 11.3 Å². The highest BCUT2D eigenvalue weighted by Crippen LogP contribution is 2.27. The van der Waals surface area contributed by atoms with E-state index in [2.05, 4.69) is 5.32 Å². The fourth-order valence-corrected chi connectivity index (χ4v) is 4.53. The van der Waals surface area contributed by atoms with E-state index in [9.17, 15) is 14.4 Å². The smallest absolute Gasteiger partial charge is 0.304 e. The Morgan fingerprint density at radius 2 is 1.84 bits per heavy atom. The van der Waals surface area contributed by atoms with E-state index in [-0.39, 0.29) is 37.2 Å². The molecule has 1 atom stereocenters. The van der Waals surface area contributed by atoms with Crippen LogP contribution in [0.15, 0.2) is 47.8 Å². The maximum atomic E-state index is 12.4. The van der Waals surface area contributed by atoms with Gasteiger partial charge < -0.3 is 20.1 Å². The summed E-state index contributed by atoms with van der Waals surface area (Å²) < 4.78 is 5.53. The van der Waals surface area contributed by atoms with Gasteiger partial charge in [0.1, 0.15) is 5.75 Å². The van der Waals surface area contributed by atoms with Crippen LogP contribution in [0.4, 0.5) is 0 Å². The van der Waals surface area contributed by atoms with Gasteiger partial charge in [-0.25, -0.2) is 0 Å². The number of likely N-dealkylation sites (tertiary alicyclic amines) is 1. The second kappa shape index (κ2) is 11.5. The molecular weight excluding hydrogens is 416 g/mol. The number of amides is 2. The standard InChI is InChI=1S/C23H28N2O5S/c26-21(13-18(14-23(28)29)20-7-4-12-31-20)24-15-17-8-10-25(11-9-17)22(27)16-30-19-5-2-1-3-6-19/h1-7,12,17-18H,8-11,13-16H2,(H,24,26)(H,28,29)/t18-/m1/s1. The lowest BCUT2D eigenvalue weighted by molar-refractivity contribution is -0.138. The lowest BCUT2D eigenvalue weighted by Gasteiger charge is -2.32. The maximum Gasteiger partial charge on any atom is 0.304 e. The Morgan fingerprint density at radius 1 is 1.10 bits per heavy atom. The zero-order valence-electron chi connectivity index (χ0n) is 17.4. The number of carboxylic acid groups (broad SMARTS) is 1. The predicted molar refractivity (Wildman–Crippen MR) is 118 cm³/mol. The van der Waals surface area contributed by atoms with Gasteiger partial charge in [-0.3, -0.25) is 14.4 Å². The number of hydrogen-bond acceptors (Lipinski definition) is 5. The Morgan fingerprint density at radius 3 is 2.48 bits per heavy atom. The van der Waals surface area contributed by atoms with Crippen molar-refractivity contribution >= 4 is 29.1 Å². The normalized spacial score (nSPS) is 15.3. The number of nitrogens with zero attached hydrogens (tertiary/aromatic N) is 1. The topological polar surface area (TPSA) is 95.9 Å². The third-order valence-corrected chi connectivity index (χ3v) is 6.49. The van der Waals surface area contributed by atoms with E-state index < -0.39 is 5.97 Å². The van der Waals surface area contributed by atoms with Crippen LogP contribution in [0.25, 0.3) is 0 Å². The van der Waals surface area contributed by atoms with Gasteiger partial charge in [0.05, 0.1) is 6.42 Å².